The monoisotopic (exact) mass is 375 g/mol. The van der Waals surface area contributed by atoms with E-state index in [1.165, 1.54) is 5.56 Å². The normalized spacial score (nSPS) is 10.3. The van der Waals surface area contributed by atoms with Crippen LogP contribution in [0.3, 0.4) is 0 Å². The fraction of sp³-hybridized carbons (Fsp3) is 0.217. The SMILES string of the molecule is CCN(Cc1ccccc1)c1ccc(NC(=O)CCOc2ccccc2)nc1. The number of benzene rings is 2. The van der Waals surface area contributed by atoms with Crippen molar-refractivity contribution in [2.24, 2.45) is 0 Å². The van der Waals surface area contributed by atoms with E-state index in [2.05, 4.69) is 34.3 Å². The number of amides is 1. The Morgan fingerprint density at radius 2 is 1.71 bits per heavy atom. The van der Waals surface area contributed by atoms with E-state index in [1.807, 2.05) is 60.7 Å². The number of hydrogen-bond donors (Lipinski definition) is 1. The zero-order valence-electron chi connectivity index (χ0n) is 16.0. The lowest BCUT2D eigenvalue weighted by molar-refractivity contribution is -0.116. The Morgan fingerprint density at radius 3 is 2.36 bits per heavy atom. The summed E-state index contributed by atoms with van der Waals surface area (Å²) in [7, 11) is 0. The summed E-state index contributed by atoms with van der Waals surface area (Å²) in [6, 6.07) is 23.6. The highest BCUT2D eigenvalue weighted by molar-refractivity contribution is 5.89. The van der Waals surface area contributed by atoms with E-state index in [0.717, 1.165) is 24.5 Å². The molecule has 0 atom stereocenters. The number of ether oxygens (including phenoxy) is 1. The lowest BCUT2D eigenvalue weighted by Gasteiger charge is -2.23. The van der Waals surface area contributed by atoms with Crippen molar-refractivity contribution in [2.75, 3.05) is 23.4 Å². The zero-order chi connectivity index (χ0) is 19.6. The summed E-state index contributed by atoms with van der Waals surface area (Å²) >= 11 is 0. The molecule has 0 aliphatic rings. The Hall–Kier alpha value is -3.34. The van der Waals surface area contributed by atoms with Gasteiger partial charge >= 0.3 is 0 Å². The molecular weight excluding hydrogens is 350 g/mol. The third-order valence-electron chi connectivity index (χ3n) is 4.32. The largest absolute Gasteiger partial charge is 0.493 e. The second-order valence-corrected chi connectivity index (χ2v) is 6.36. The first-order valence-electron chi connectivity index (χ1n) is 9.47. The summed E-state index contributed by atoms with van der Waals surface area (Å²) in [5, 5.41) is 2.81. The molecule has 0 saturated heterocycles. The average molecular weight is 375 g/mol. The van der Waals surface area contributed by atoms with Gasteiger partial charge in [-0.25, -0.2) is 4.98 Å². The van der Waals surface area contributed by atoms with E-state index < -0.39 is 0 Å². The number of hydrogen-bond acceptors (Lipinski definition) is 4. The lowest BCUT2D eigenvalue weighted by atomic mass is 10.2. The molecule has 1 N–H and O–H groups in total. The Labute approximate surface area is 166 Å². The van der Waals surface area contributed by atoms with Crippen LogP contribution in [0.4, 0.5) is 11.5 Å². The van der Waals surface area contributed by atoms with Gasteiger partial charge in [0.05, 0.1) is 24.9 Å². The van der Waals surface area contributed by atoms with Crippen molar-refractivity contribution in [3.05, 3.63) is 84.6 Å². The lowest BCUT2D eigenvalue weighted by Crippen LogP contribution is -2.22. The first-order valence-corrected chi connectivity index (χ1v) is 9.47. The number of nitrogens with one attached hydrogen (secondary N) is 1. The molecule has 5 nitrogen and oxygen atoms in total. The van der Waals surface area contributed by atoms with Crippen molar-refractivity contribution >= 4 is 17.4 Å². The van der Waals surface area contributed by atoms with Gasteiger partial charge in [-0.2, -0.15) is 0 Å². The first-order chi connectivity index (χ1) is 13.7. The van der Waals surface area contributed by atoms with Gasteiger partial charge in [0.25, 0.3) is 0 Å². The van der Waals surface area contributed by atoms with Gasteiger partial charge in [-0.1, -0.05) is 48.5 Å². The van der Waals surface area contributed by atoms with Gasteiger partial charge < -0.3 is 15.0 Å². The summed E-state index contributed by atoms with van der Waals surface area (Å²) in [4.78, 5) is 18.7. The molecule has 0 spiro atoms. The number of para-hydroxylation sites is 1. The van der Waals surface area contributed by atoms with E-state index in [1.54, 1.807) is 6.20 Å². The minimum absolute atomic E-state index is 0.118. The highest BCUT2D eigenvalue weighted by Gasteiger charge is 2.08. The zero-order valence-corrected chi connectivity index (χ0v) is 16.0. The van der Waals surface area contributed by atoms with Crippen molar-refractivity contribution in [1.29, 1.82) is 0 Å². The van der Waals surface area contributed by atoms with Gasteiger partial charge in [0, 0.05) is 13.1 Å². The molecule has 144 valence electrons. The number of rotatable bonds is 9. The van der Waals surface area contributed by atoms with Crippen LogP contribution in [0.25, 0.3) is 0 Å². The van der Waals surface area contributed by atoms with E-state index in [0.29, 0.717) is 12.4 Å². The number of carbonyl (C=O) groups excluding carboxylic acids is 1. The molecule has 0 unspecified atom stereocenters. The average Bonchev–Trinajstić information content (AvgIpc) is 2.74. The molecule has 0 bridgehead atoms. The molecule has 1 aromatic heterocycles. The summed E-state index contributed by atoms with van der Waals surface area (Å²) in [6.45, 7) is 4.14. The number of carbonyl (C=O) groups is 1. The molecular formula is C23H25N3O2. The summed E-state index contributed by atoms with van der Waals surface area (Å²) < 4.78 is 5.55. The summed E-state index contributed by atoms with van der Waals surface area (Å²) in [6.07, 6.45) is 2.07. The van der Waals surface area contributed by atoms with Crippen molar-refractivity contribution in [3.8, 4) is 5.75 Å². The standard InChI is InChI=1S/C23H25N3O2/c1-2-26(18-19-9-5-3-6-10-19)20-13-14-22(24-17-20)25-23(27)15-16-28-21-11-7-4-8-12-21/h3-14,17H,2,15-16,18H2,1H3,(H,24,25,27). The van der Waals surface area contributed by atoms with Crippen molar-refractivity contribution < 1.29 is 9.53 Å². The van der Waals surface area contributed by atoms with Gasteiger partial charge in [0.15, 0.2) is 0 Å². The second-order valence-electron chi connectivity index (χ2n) is 6.36. The van der Waals surface area contributed by atoms with Crippen LogP contribution in [0.15, 0.2) is 79.0 Å². The first kappa shape index (κ1) is 19.4. The number of anilines is 2. The Balaban J connectivity index is 1.49. The molecule has 2 aromatic carbocycles. The Bertz CT molecular complexity index is 852. The van der Waals surface area contributed by atoms with Gasteiger partial charge in [-0.3, -0.25) is 4.79 Å². The maximum absolute atomic E-state index is 12.1. The van der Waals surface area contributed by atoms with Gasteiger partial charge in [-0.15, -0.1) is 0 Å². The fourth-order valence-corrected chi connectivity index (χ4v) is 2.82. The van der Waals surface area contributed by atoms with Crippen LogP contribution in [0.1, 0.15) is 18.9 Å². The van der Waals surface area contributed by atoms with Crippen LogP contribution in [0.5, 0.6) is 5.75 Å². The van der Waals surface area contributed by atoms with Crippen LogP contribution in [0, 0.1) is 0 Å². The molecule has 1 heterocycles. The Kier molecular flexibility index (Phi) is 7.01. The second kappa shape index (κ2) is 10.1. The number of nitrogens with zero attached hydrogens (tertiary/aromatic N) is 2. The van der Waals surface area contributed by atoms with E-state index >= 15 is 0 Å². The van der Waals surface area contributed by atoms with E-state index in [9.17, 15) is 4.79 Å². The molecule has 0 radical (unpaired) electrons. The van der Waals surface area contributed by atoms with Crippen LogP contribution in [0.2, 0.25) is 0 Å². The van der Waals surface area contributed by atoms with E-state index in [4.69, 9.17) is 4.74 Å². The van der Waals surface area contributed by atoms with Crippen molar-refractivity contribution in [2.45, 2.75) is 19.9 Å². The molecule has 0 fully saturated rings. The highest BCUT2D eigenvalue weighted by Crippen LogP contribution is 2.18. The van der Waals surface area contributed by atoms with Crippen LogP contribution in [-0.4, -0.2) is 24.0 Å². The number of aromatic nitrogens is 1. The molecule has 0 saturated carbocycles. The minimum atomic E-state index is -0.118. The molecule has 0 aliphatic heterocycles. The molecule has 5 heteroatoms. The minimum Gasteiger partial charge on any atom is -0.493 e. The van der Waals surface area contributed by atoms with Crippen molar-refractivity contribution in [1.82, 2.24) is 4.98 Å². The van der Waals surface area contributed by atoms with Crippen LogP contribution >= 0.6 is 0 Å². The van der Waals surface area contributed by atoms with Gasteiger partial charge in [0.2, 0.25) is 5.91 Å². The molecule has 3 rings (SSSR count). The predicted molar refractivity (Wildman–Crippen MR) is 113 cm³/mol. The summed E-state index contributed by atoms with van der Waals surface area (Å²) in [5.41, 5.74) is 2.27. The molecule has 1 amide bonds. The van der Waals surface area contributed by atoms with Crippen molar-refractivity contribution in [3.63, 3.8) is 0 Å². The number of pyridine rings is 1. The van der Waals surface area contributed by atoms with E-state index in [-0.39, 0.29) is 12.3 Å². The summed E-state index contributed by atoms with van der Waals surface area (Å²) in [5.74, 6) is 1.19. The highest BCUT2D eigenvalue weighted by atomic mass is 16.5. The molecule has 3 aromatic rings. The van der Waals surface area contributed by atoms with Gasteiger partial charge in [0.1, 0.15) is 11.6 Å². The fourth-order valence-electron chi connectivity index (χ4n) is 2.82. The Morgan fingerprint density at radius 1 is 1.00 bits per heavy atom. The van der Waals surface area contributed by atoms with Crippen LogP contribution in [-0.2, 0) is 11.3 Å². The molecule has 0 aliphatic carbocycles. The topological polar surface area (TPSA) is 54.5 Å². The smallest absolute Gasteiger partial charge is 0.228 e. The quantitative estimate of drug-likeness (QED) is 0.598. The predicted octanol–water partition coefficient (Wildman–Crippen LogP) is 4.52. The third-order valence-corrected chi connectivity index (χ3v) is 4.32. The molecule has 28 heavy (non-hydrogen) atoms. The maximum Gasteiger partial charge on any atom is 0.228 e. The third kappa shape index (κ3) is 5.84. The van der Waals surface area contributed by atoms with Gasteiger partial charge in [-0.05, 0) is 36.8 Å². The van der Waals surface area contributed by atoms with Crippen LogP contribution < -0.4 is 15.0 Å². The maximum atomic E-state index is 12.1.